The van der Waals surface area contributed by atoms with Crippen molar-refractivity contribution in [2.45, 2.75) is 13.8 Å². The van der Waals surface area contributed by atoms with Crippen LogP contribution in [0.5, 0.6) is 5.75 Å². The van der Waals surface area contributed by atoms with Gasteiger partial charge in [-0.2, -0.15) is 0 Å². The summed E-state index contributed by atoms with van der Waals surface area (Å²) in [4.78, 5) is 14.1. The van der Waals surface area contributed by atoms with Crippen LogP contribution in [0, 0.1) is 5.41 Å². The lowest BCUT2D eigenvalue weighted by molar-refractivity contribution is 0.0929. The van der Waals surface area contributed by atoms with E-state index < -0.39 is 0 Å². The van der Waals surface area contributed by atoms with Crippen molar-refractivity contribution in [3.05, 3.63) is 28.8 Å². The number of benzene rings is 1. The number of carbonyl (C=O) groups excluding carboxylic acids is 1. The molecule has 4 nitrogen and oxygen atoms in total. The maximum Gasteiger partial charge on any atom is 0.252 e. The topological polar surface area (TPSA) is 52.6 Å². The lowest BCUT2D eigenvalue weighted by atomic mass is 9.93. The summed E-state index contributed by atoms with van der Waals surface area (Å²) >= 11 is 5.95. The number of hydrogen-bond acceptors (Lipinski definition) is 3. The Balaban J connectivity index is 2.68. The zero-order valence-corrected chi connectivity index (χ0v) is 12.6. The van der Waals surface area contributed by atoms with Gasteiger partial charge >= 0.3 is 0 Å². The van der Waals surface area contributed by atoms with E-state index in [0.29, 0.717) is 17.1 Å². The number of phenols is 1. The third kappa shape index (κ3) is 5.09. The Kier molecular flexibility index (Phi) is 5.20. The molecule has 0 aliphatic carbocycles. The molecule has 1 amide bonds. The number of halogens is 1. The molecule has 0 aromatic heterocycles. The number of nitrogens with zero attached hydrogens (tertiary/aromatic N) is 1. The van der Waals surface area contributed by atoms with Gasteiger partial charge in [-0.25, -0.2) is 0 Å². The molecule has 2 N–H and O–H groups in total. The quantitative estimate of drug-likeness (QED) is 0.873. The normalized spacial score (nSPS) is 11.7. The molecule has 0 aliphatic rings. The summed E-state index contributed by atoms with van der Waals surface area (Å²) in [5.41, 5.74) is 0.255. The van der Waals surface area contributed by atoms with Crippen molar-refractivity contribution in [1.82, 2.24) is 10.2 Å². The maximum atomic E-state index is 12.0. The van der Waals surface area contributed by atoms with Crippen LogP contribution in [-0.4, -0.2) is 43.1 Å². The first-order valence-electron chi connectivity index (χ1n) is 6.13. The van der Waals surface area contributed by atoms with E-state index in [4.69, 9.17) is 11.6 Å². The van der Waals surface area contributed by atoms with Crippen molar-refractivity contribution in [1.29, 1.82) is 0 Å². The van der Waals surface area contributed by atoms with Crippen LogP contribution in [0.2, 0.25) is 5.02 Å². The molecule has 106 valence electrons. The van der Waals surface area contributed by atoms with Crippen LogP contribution in [0.25, 0.3) is 0 Å². The van der Waals surface area contributed by atoms with Gasteiger partial charge in [-0.1, -0.05) is 25.4 Å². The molecule has 0 heterocycles. The van der Waals surface area contributed by atoms with Gasteiger partial charge < -0.3 is 15.3 Å². The molecule has 1 rings (SSSR count). The Morgan fingerprint density at radius 3 is 2.63 bits per heavy atom. The molecule has 0 atom stereocenters. The third-order valence-corrected chi connectivity index (χ3v) is 3.00. The van der Waals surface area contributed by atoms with Crippen LogP contribution in [0.1, 0.15) is 24.2 Å². The summed E-state index contributed by atoms with van der Waals surface area (Å²) in [5, 5.41) is 12.6. The fourth-order valence-electron chi connectivity index (χ4n) is 2.01. The van der Waals surface area contributed by atoms with E-state index >= 15 is 0 Å². The highest BCUT2D eigenvalue weighted by molar-refractivity contribution is 6.33. The average Bonchev–Trinajstić information content (AvgIpc) is 2.27. The van der Waals surface area contributed by atoms with E-state index in [0.717, 1.165) is 6.54 Å². The maximum absolute atomic E-state index is 12.0. The minimum Gasteiger partial charge on any atom is -0.508 e. The lowest BCUT2D eigenvalue weighted by Crippen LogP contribution is -2.40. The molecule has 19 heavy (non-hydrogen) atoms. The van der Waals surface area contributed by atoms with Crippen molar-refractivity contribution in [2.24, 2.45) is 5.41 Å². The fourth-order valence-corrected chi connectivity index (χ4v) is 2.22. The largest absolute Gasteiger partial charge is 0.508 e. The molecule has 0 aliphatic heterocycles. The van der Waals surface area contributed by atoms with E-state index in [1.807, 2.05) is 14.1 Å². The lowest BCUT2D eigenvalue weighted by Gasteiger charge is -2.28. The zero-order valence-electron chi connectivity index (χ0n) is 11.8. The summed E-state index contributed by atoms with van der Waals surface area (Å²) in [7, 11) is 3.99. The smallest absolute Gasteiger partial charge is 0.252 e. The van der Waals surface area contributed by atoms with Gasteiger partial charge in [0.25, 0.3) is 5.91 Å². The highest BCUT2D eigenvalue weighted by atomic mass is 35.5. The van der Waals surface area contributed by atoms with E-state index in [1.54, 1.807) is 0 Å². The summed E-state index contributed by atoms with van der Waals surface area (Å²) in [5.74, 6) is -0.241. The summed E-state index contributed by atoms with van der Waals surface area (Å²) in [6, 6.07) is 4.34. The van der Waals surface area contributed by atoms with Crippen molar-refractivity contribution >= 4 is 17.5 Å². The Hall–Kier alpha value is -1.26. The first kappa shape index (κ1) is 15.8. The summed E-state index contributed by atoms with van der Waals surface area (Å²) in [6.07, 6.45) is 0. The number of hydrogen-bond donors (Lipinski definition) is 2. The average molecular weight is 285 g/mol. The zero-order chi connectivity index (χ0) is 14.6. The van der Waals surface area contributed by atoms with Gasteiger partial charge in [0.15, 0.2) is 0 Å². The first-order valence-corrected chi connectivity index (χ1v) is 6.50. The molecule has 0 radical (unpaired) electrons. The van der Waals surface area contributed by atoms with Gasteiger partial charge in [0.2, 0.25) is 0 Å². The predicted molar refractivity (Wildman–Crippen MR) is 77.8 cm³/mol. The Morgan fingerprint density at radius 1 is 1.42 bits per heavy atom. The monoisotopic (exact) mass is 284 g/mol. The highest BCUT2D eigenvalue weighted by Crippen LogP contribution is 2.21. The van der Waals surface area contributed by atoms with E-state index in [1.165, 1.54) is 18.2 Å². The number of rotatable bonds is 5. The molecule has 5 heteroatoms. The van der Waals surface area contributed by atoms with E-state index in [-0.39, 0.29) is 17.1 Å². The second kappa shape index (κ2) is 6.26. The predicted octanol–water partition coefficient (Wildman–Crippen LogP) is 2.36. The van der Waals surface area contributed by atoms with Crippen molar-refractivity contribution in [2.75, 3.05) is 27.2 Å². The van der Waals surface area contributed by atoms with E-state index in [9.17, 15) is 9.90 Å². The van der Waals surface area contributed by atoms with E-state index in [2.05, 4.69) is 24.1 Å². The van der Waals surface area contributed by atoms with Gasteiger partial charge in [0.1, 0.15) is 5.75 Å². The van der Waals surface area contributed by atoms with Crippen LogP contribution < -0.4 is 5.32 Å². The van der Waals surface area contributed by atoms with Crippen molar-refractivity contribution < 1.29 is 9.90 Å². The second-order valence-electron chi connectivity index (χ2n) is 5.75. The highest BCUT2D eigenvalue weighted by Gasteiger charge is 2.21. The third-order valence-electron chi connectivity index (χ3n) is 2.67. The molecular formula is C14H21ClN2O2. The minimum absolute atomic E-state index is 0.0297. The van der Waals surface area contributed by atoms with Crippen molar-refractivity contribution in [3.63, 3.8) is 0 Å². The SMILES string of the molecule is CN(C)CC(C)(C)CNC(=O)c1cc(O)ccc1Cl. The van der Waals surface area contributed by atoms with Gasteiger partial charge in [-0.05, 0) is 37.7 Å². The number of carbonyl (C=O) groups is 1. The number of aromatic hydroxyl groups is 1. The molecule has 0 unspecified atom stereocenters. The molecule has 1 aromatic carbocycles. The van der Waals surface area contributed by atoms with Crippen LogP contribution in [-0.2, 0) is 0 Å². The van der Waals surface area contributed by atoms with Gasteiger partial charge in [0, 0.05) is 13.1 Å². The molecule has 0 spiro atoms. The van der Waals surface area contributed by atoms with Crippen LogP contribution in [0.15, 0.2) is 18.2 Å². The van der Waals surface area contributed by atoms with Gasteiger partial charge in [-0.3, -0.25) is 4.79 Å². The number of amides is 1. The van der Waals surface area contributed by atoms with Crippen molar-refractivity contribution in [3.8, 4) is 5.75 Å². The van der Waals surface area contributed by atoms with Gasteiger partial charge in [-0.15, -0.1) is 0 Å². The fraction of sp³-hybridized carbons (Fsp3) is 0.500. The first-order chi connectivity index (χ1) is 8.71. The number of phenolic OH excluding ortho intramolecular Hbond substituents is 1. The van der Waals surface area contributed by atoms with Crippen LogP contribution in [0.3, 0.4) is 0 Å². The Bertz CT molecular complexity index is 459. The minimum atomic E-state index is -0.271. The Labute approximate surface area is 119 Å². The molecule has 0 fully saturated rings. The Morgan fingerprint density at radius 2 is 2.05 bits per heavy atom. The molecule has 0 saturated heterocycles. The van der Waals surface area contributed by atoms with Crippen LogP contribution in [0.4, 0.5) is 0 Å². The summed E-state index contributed by atoms with van der Waals surface area (Å²) < 4.78 is 0. The summed E-state index contributed by atoms with van der Waals surface area (Å²) in [6.45, 7) is 5.56. The molecule has 0 bridgehead atoms. The van der Waals surface area contributed by atoms with Gasteiger partial charge in [0.05, 0.1) is 10.6 Å². The molecule has 0 saturated carbocycles. The number of nitrogens with one attached hydrogen (secondary N) is 1. The van der Waals surface area contributed by atoms with Crippen LogP contribution >= 0.6 is 11.6 Å². The standard InChI is InChI=1S/C14H21ClN2O2/c1-14(2,9-17(3)4)8-16-13(19)11-7-10(18)5-6-12(11)15/h5-7,18H,8-9H2,1-4H3,(H,16,19). The second-order valence-corrected chi connectivity index (χ2v) is 6.16. The molecular weight excluding hydrogens is 264 g/mol. The molecule has 1 aromatic rings.